The maximum Gasteiger partial charge on any atom is 0.348 e. The number of benzene rings is 2. The third-order valence-electron chi connectivity index (χ3n) is 4.00. The van der Waals surface area contributed by atoms with Gasteiger partial charge in [0.05, 0.1) is 23.0 Å². The van der Waals surface area contributed by atoms with Crippen LogP contribution in [0.15, 0.2) is 60.7 Å². The zero-order chi connectivity index (χ0) is 18.8. The maximum atomic E-state index is 12.5. The van der Waals surface area contributed by atoms with Gasteiger partial charge in [-0.1, -0.05) is 24.3 Å². The van der Waals surface area contributed by atoms with E-state index in [0.717, 1.165) is 33.8 Å². The molecule has 0 aliphatic rings. The summed E-state index contributed by atoms with van der Waals surface area (Å²) in [7, 11) is 1.31. The van der Waals surface area contributed by atoms with Gasteiger partial charge in [0.15, 0.2) is 0 Å². The van der Waals surface area contributed by atoms with E-state index in [9.17, 15) is 9.59 Å². The van der Waals surface area contributed by atoms with Gasteiger partial charge in [-0.25, -0.2) is 9.78 Å². The lowest BCUT2D eigenvalue weighted by atomic mass is 10.2. The van der Waals surface area contributed by atoms with Crippen molar-refractivity contribution in [1.29, 1.82) is 0 Å². The molecule has 7 heteroatoms. The predicted molar refractivity (Wildman–Crippen MR) is 105 cm³/mol. The smallest absolute Gasteiger partial charge is 0.348 e. The number of para-hydroxylation sites is 2. The summed E-state index contributed by atoms with van der Waals surface area (Å²) in [6, 6.07) is 18.4. The van der Waals surface area contributed by atoms with Gasteiger partial charge in [-0.15, -0.1) is 11.3 Å². The van der Waals surface area contributed by atoms with Crippen molar-refractivity contribution in [2.75, 3.05) is 12.4 Å². The molecule has 2 heterocycles. The van der Waals surface area contributed by atoms with Crippen LogP contribution in [0.5, 0.6) is 0 Å². The van der Waals surface area contributed by atoms with E-state index in [4.69, 9.17) is 0 Å². The summed E-state index contributed by atoms with van der Waals surface area (Å²) in [4.78, 5) is 32.7. The molecule has 2 aromatic carbocycles. The number of imidazole rings is 1. The number of anilines is 1. The molecule has 0 fully saturated rings. The quantitative estimate of drug-likeness (QED) is 0.519. The number of thiophene rings is 1. The molecule has 0 atom stereocenters. The van der Waals surface area contributed by atoms with Crippen molar-refractivity contribution >= 4 is 39.9 Å². The van der Waals surface area contributed by atoms with Gasteiger partial charge < -0.3 is 15.0 Å². The summed E-state index contributed by atoms with van der Waals surface area (Å²) in [5, 5.41) is 2.85. The lowest BCUT2D eigenvalue weighted by Crippen LogP contribution is -2.10. The normalized spacial score (nSPS) is 10.7. The minimum atomic E-state index is -0.453. The molecule has 2 aromatic heterocycles. The maximum absolute atomic E-state index is 12.5. The number of hydrogen-bond acceptors (Lipinski definition) is 5. The number of fused-ring (bicyclic) bond motifs is 1. The van der Waals surface area contributed by atoms with Crippen LogP contribution in [0, 0.1) is 0 Å². The Morgan fingerprint density at radius 2 is 1.85 bits per heavy atom. The van der Waals surface area contributed by atoms with E-state index < -0.39 is 5.97 Å². The standard InChI is InChI=1S/C20H15N3O3S/c1-26-20(25)17-10-9-16(27-17)19(24)21-13-6-4-5-12(11-13)18-22-14-7-2-3-8-15(14)23-18/h2-11H,1H3,(H,21,24)(H,22,23). The number of H-pyrrole nitrogens is 1. The number of nitrogens with one attached hydrogen (secondary N) is 2. The number of carbonyl (C=O) groups is 2. The zero-order valence-electron chi connectivity index (χ0n) is 14.4. The molecule has 2 N–H and O–H groups in total. The Labute approximate surface area is 158 Å². The van der Waals surface area contributed by atoms with Gasteiger partial charge in [-0.3, -0.25) is 4.79 Å². The third-order valence-corrected chi connectivity index (χ3v) is 5.06. The Bertz CT molecular complexity index is 1110. The van der Waals surface area contributed by atoms with E-state index in [1.165, 1.54) is 7.11 Å². The Balaban J connectivity index is 1.56. The first-order valence-corrected chi connectivity index (χ1v) is 9.00. The SMILES string of the molecule is COC(=O)c1ccc(C(=O)Nc2cccc(-c3nc4ccccc4[nH]3)c2)s1. The van der Waals surface area contributed by atoms with Crippen molar-refractivity contribution < 1.29 is 14.3 Å². The fraction of sp³-hybridized carbons (Fsp3) is 0.0500. The second kappa shape index (κ2) is 7.05. The van der Waals surface area contributed by atoms with Crippen LogP contribution in [0.25, 0.3) is 22.4 Å². The highest BCUT2D eigenvalue weighted by Gasteiger charge is 2.14. The second-order valence-corrected chi connectivity index (χ2v) is 6.88. The molecule has 0 aliphatic heterocycles. The van der Waals surface area contributed by atoms with E-state index in [1.54, 1.807) is 18.2 Å². The summed E-state index contributed by atoms with van der Waals surface area (Å²) in [6.45, 7) is 0. The summed E-state index contributed by atoms with van der Waals surface area (Å²) >= 11 is 1.09. The number of aromatic amines is 1. The molecule has 0 spiro atoms. The van der Waals surface area contributed by atoms with Gasteiger partial charge in [0.1, 0.15) is 10.7 Å². The van der Waals surface area contributed by atoms with Gasteiger partial charge in [0.2, 0.25) is 0 Å². The number of ether oxygens (including phenoxy) is 1. The van der Waals surface area contributed by atoms with Crippen LogP contribution in [-0.2, 0) is 4.74 Å². The van der Waals surface area contributed by atoms with E-state index in [2.05, 4.69) is 20.0 Å². The minimum absolute atomic E-state index is 0.281. The predicted octanol–water partition coefficient (Wildman–Crippen LogP) is 4.33. The molecule has 6 nitrogen and oxygen atoms in total. The lowest BCUT2D eigenvalue weighted by molar-refractivity contribution is 0.0606. The Morgan fingerprint density at radius 1 is 1.04 bits per heavy atom. The first-order chi connectivity index (χ1) is 13.1. The fourth-order valence-corrected chi connectivity index (χ4v) is 3.52. The molecule has 0 aliphatic carbocycles. The van der Waals surface area contributed by atoms with Crippen LogP contribution >= 0.6 is 11.3 Å². The van der Waals surface area contributed by atoms with Gasteiger partial charge in [0.25, 0.3) is 5.91 Å². The van der Waals surface area contributed by atoms with E-state index in [1.807, 2.05) is 42.5 Å². The van der Waals surface area contributed by atoms with Crippen LogP contribution in [0.2, 0.25) is 0 Å². The molecular weight excluding hydrogens is 362 g/mol. The molecule has 0 radical (unpaired) electrons. The number of amides is 1. The summed E-state index contributed by atoms with van der Waals surface area (Å²) in [5.74, 6) is -0.000702. The number of methoxy groups -OCH3 is 1. The molecule has 0 saturated heterocycles. The molecule has 27 heavy (non-hydrogen) atoms. The first kappa shape index (κ1) is 17.0. The van der Waals surface area contributed by atoms with E-state index >= 15 is 0 Å². The third kappa shape index (κ3) is 3.45. The number of nitrogens with zero attached hydrogens (tertiary/aromatic N) is 1. The van der Waals surface area contributed by atoms with Crippen molar-refractivity contribution in [3.63, 3.8) is 0 Å². The molecule has 0 unspecified atom stereocenters. The van der Waals surface area contributed by atoms with Crippen LogP contribution in [0.3, 0.4) is 0 Å². The summed E-state index contributed by atoms with van der Waals surface area (Å²) in [5.41, 5.74) is 3.35. The monoisotopic (exact) mass is 377 g/mol. The molecule has 4 rings (SSSR count). The highest BCUT2D eigenvalue weighted by molar-refractivity contribution is 7.16. The molecule has 4 aromatic rings. The minimum Gasteiger partial charge on any atom is -0.465 e. The van der Waals surface area contributed by atoms with Gasteiger partial charge in [-0.2, -0.15) is 0 Å². The fourth-order valence-electron chi connectivity index (χ4n) is 2.70. The Hall–Kier alpha value is -3.45. The van der Waals surface area contributed by atoms with Crippen molar-refractivity contribution in [3.8, 4) is 11.4 Å². The topological polar surface area (TPSA) is 84.1 Å². The van der Waals surface area contributed by atoms with Gasteiger partial charge in [-0.05, 0) is 36.4 Å². The molecular formula is C20H15N3O3S. The van der Waals surface area contributed by atoms with Crippen LogP contribution in [0.4, 0.5) is 5.69 Å². The average molecular weight is 377 g/mol. The summed E-state index contributed by atoms with van der Waals surface area (Å²) < 4.78 is 4.67. The van der Waals surface area contributed by atoms with Crippen molar-refractivity contribution in [1.82, 2.24) is 9.97 Å². The average Bonchev–Trinajstić information content (AvgIpc) is 3.35. The number of esters is 1. The van der Waals surface area contributed by atoms with Crippen LogP contribution < -0.4 is 5.32 Å². The highest BCUT2D eigenvalue weighted by atomic mass is 32.1. The Morgan fingerprint density at radius 3 is 2.67 bits per heavy atom. The van der Waals surface area contributed by atoms with Crippen molar-refractivity contribution in [2.24, 2.45) is 0 Å². The molecule has 1 amide bonds. The number of rotatable bonds is 4. The Kier molecular flexibility index (Phi) is 4.43. The molecule has 0 bridgehead atoms. The summed E-state index contributed by atoms with van der Waals surface area (Å²) in [6.07, 6.45) is 0. The number of hydrogen-bond donors (Lipinski definition) is 2. The second-order valence-electron chi connectivity index (χ2n) is 5.79. The van der Waals surface area contributed by atoms with Crippen molar-refractivity contribution in [3.05, 3.63) is 70.4 Å². The van der Waals surface area contributed by atoms with Crippen LogP contribution in [-0.4, -0.2) is 29.0 Å². The number of aromatic nitrogens is 2. The zero-order valence-corrected chi connectivity index (χ0v) is 15.2. The number of carbonyl (C=O) groups excluding carboxylic acids is 2. The first-order valence-electron chi connectivity index (χ1n) is 8.19. The van der Waals surface area contributed by atoms with E-state index in [-0.39, 0.29) is 5.91 Å². The van der Waals surface area contributed by atoms with Crippen LogP contribution in [0.1, 0.15) is 19.3 Å². The largest absolute Gasteiger partial charge is 0.465 e. The van der Waals surface area contributed by atoms with Gasteiger partial charge >= 0.3 is 5.97 Å². The van der Waals surface area contributed by atoms with E-state index in [0.29, 0.717) is 15.4 Å². The highest BCUT2D eigenvalue weighted by Crippen LogP contribution is 2.24. The lowest BCUT2D eigenvalue weighted by Gasteiger charge is -2.05. The molecule has 134 valence electrons. The van der Waals surface area contributed by atoms with Gasteiger partial charge in [0, 0.05) is 11.3 Å². The van der Waals surface area contributed by atoms with Crippen molar-refractivity contribution in [2.45, 2.75) is 0 Å². The molecule has 0 saturated carbocycles.